The first kappa shape index (κ1) is 11.4. The molecule has 0 unspecified atom stereocenters. The van der Waals surface area contributed by atoms with Crippen LogP contribution in [0.5, 0.6) is 0 Å². The molecular formula is C14H14N2OS. The number of pyridine rings is 1. The summed E-state index contributed by atoms with van der Waals surface area (Å²) in [6.07, 6.45) is 5.48. The van der Waals surface area contributed by atoms with Crippen LogP contribution in [0.1, 0.15) is 34.8 Å². The number of rotatable bonds is 2. The Morgan fingerprint density at radius 3 is 2.89 bits per heavy atom. The molecule has 1 atom stereocenters. The summed E-state index contributed by atoms with van der Waals surface area (Å²) in [4.78, 5) is 18.4. The second-order valence-corrected chi connectivity index (χ2v) is 5.23. The van der Waals surface area contributed by atoms with Crippen LogP contribution in [0.2, 0.25) is 0 Å². The quantitative estimate of drug-likeness (QED) is 0.829. The number of nitrogens with zero attached hydrogens (tertiary/aromatic N) is 2. The summed E-state index contributed by atoms with van der Waals surface area (Å²) in [5.41, 5.74) is 1.99. The molecule has 1 aliphatic heterocycles. The van der Waals surface area contributed by atoms with Crippen LogP contribution in [-0.2, 0) is 0 Å². The molecule has 0 N–H and O–H groups in total. The number of aromatic nitrogens is 1. The average Bonchev–Trinajstić information content (AvgIpc) is 3.09. The smallest absolute Gasteiger partial charge is 0.254 e. The second kappa shape index (κ2) is 4.90. The lowest BCUT2D eigenvalue weighted by Crippen LogP contribution is -2.30. The van der Waals surface area contributed by atoms with Crippen LogP contribution in [0.3, 0.4) is 0 Å². The molecule has 1 fully saturated rings. The van der Waals surface area contributed by atoms with Gasteiger partial charge in [-0.15, -0.1) is 0 Å². The normalized spacial score (nSPS) is 19.1. The molecule has 0 bridgehead atoms. The van der Waals surface area contributed by atoms with E-state index in [4.69, 9.17) is 0 Å². The average molecular weight is 258 g/mol. The van der Waals surface area contributed by atoms with Crippen LogP contribution < -0.4 is 0 Å². The Hall–Kier alpha value is -1.68. The SMILES string of the molecule is O=C(c1ccncc1)N1CCC[C@@H]1c1ccsc1. The lowest BCUT2D eigenvalue weighted by atomic mass is 10.1. The van der Waals surface area contributed by atoms with Gasteiger partial charge in [-0.25, -0.2) is 0 Å². The summed E-state index contributed by atoms with van der Waals surface area (Å²) in [7, 11) is 0. The molecule has 1 aliphatic rings. The predicted molar refractivity (Wildman–Crippen MR) is 71.6 cm³/mol. The van der Waals surface area contributed by atoms with Crippen LogP contribution in [0.15, 0.2) is 41.4 Å². The number of hydrogen-bond donors (Lipinski definition) is 0. The number of carbonyl (C=O) groups is 1. The van der Waals surface area contributed by atoms with E-state index in [2.05, 4.69) is 21.8 Å². The monoisotopic (exact) mass is 258 g/mol. The summed E-state index contributed by atoms with van der Waals surface area (Å²) in [6, 6.07) is 5.93. The number of likely N-dealkylation sites (tertiary alicyclic amines) is 1. The maximum Gasteiger partial charge on any atom is 0.254 e. The van der Waals surface area contributed by atoms with Gasteiger partial charge in [-0.1, -0.05) is 0 Å². The fraction of sp³-hybridized carbons (Fsp3) is 0.286. The van der Waals surface area contributed by atoms with Crippen LogP contribution >= 0.6 is 11.3 Å². The van der Waals surface area contributed by atoms with E-state index < -0.39 is 0 Å². The highest BCUT2D eigenvalue weighted by atomic mass is 32.1. The fourth-order valence-electron chi connectivity index (χ4n) is 2.48. The van der Waals surface area contributed by atoms with Crippen molar-refractivity contribution in [1.82, 2.24) is 9.88 Å². The third-order valence-corrected chi connectivity index (χ3v) is 4.07. The molecule has 92 valence electrons. The van der Waals surface area contributed by atoms with Gasteiger partial charge in [0.05, 0.1) is 6.04 Å². The van der Waals surface area contributed by atoms with Crippen LogP contribution in [0, 0.1) is 0 Å². The van der Waals surface area contributed by atoms with Crippen molar-refractivity contribution in [3.63, 3.8) is 0 Å². The standard InChI is InChI=1S/C14H14N2OS/c17-14(11-3-6-15-7-4-11)16-8-1-2-13(16)12-5-9-18-10-12/h3-7,9-10,13H,1-2,8H2/t13-/m1/s1. The van der Waals surface area contributed by atoms with E-state index in [0.29, 0.717) is 0 Å². The van der Waals surface area contributed by atoms with Crippen LogP contribution in [0.25, 0.3) is 0 Å². The molecule has 2 aromatic heterocycles. The summed E-state index contributed by atoms with van der Waals surface area (Å²) >= 11 is 1.69. The molecule has 1 amide bonds. The van der Waals surface area contributed by atoms with Crippen molar-refractivity contribution in [3.8, 4) is 0 Å². The summed E-state index contributed by atoms with van der Waals surface area (Å²) in [5.74, 6) is 0.117. The van der Waals surface area contributed by atoms with Gasteiger partial charge in [0.2, 0.25) is 0 Å². The van der Waals surface area contributed by atoms with Gasteiger partial charge in [-0.05, 0) is 47.4 Å². The van der Waals surface area contributed by atoms with Crippen molar-refractivity contribution in [2.45, 2.75) is 18.9 Å². The molecule has 1 saturated heterocycles. The molecule has 3 nitrogen and oxygen atoms in total. The van der Waals surface area contributed by atoms with Gasteiger partial charge in [0.1, 0.15) is 0 Å². The minimum absolute atomic E-state index is 0.117. The first-order valence-electron chi connectivity index (χ1n) is 6.09. The zero-order valence-electron chi connectivity index (χ0n) is 9.95. The van der Waals surface area contributed by atoms with Crippen molar-refractivity contribution in [1.29, 1.82) is 0 Å². The highest BCUT2D eigenvalue weighted by molar-refractivity contribution is 7.07. The second-order valence-electron chi connectivity index (χ2n) is 4.45. The Bertz CT molecular complexity index is 524. The van der Waals surface area contributed by atoms with E-state index in [-0.39, 0.29) is 11.9 Å². The Morgan fingerprint density at radius 2 is 2.17 bits per heavy atom. The highest BCUT2D eigenvalue weighted by Crippen LogP contribution is 2.33. The Morgan fingerprint density at radius 1 is 1.33 bits per heavy atom. The summed E-state index contributed by atoms with van der Waals surface area (Å²) < 4.78 is 0. The van der Waals surface area contributed by atoms with Crippen LogP contribution in [0.4, 0.5) is 0 Å². The largest absolute Gasteiger partial charge is 0.332 e. The molecular weight excluding hydrogens is 244 g/mol. The molecule has 3 rings (SSSR count). The molecule has 2 aromatic rings. The predicted octanol–water partition coefficient (Wildman–Crippen LogP) is 3.12. The van der Waals surface area contributed by atoms with Crippen molar-refractivity contribution < 1.29 is 4.79 Å². The minimum Gasteiger partial charge on any atom is -0.332 e. The van der Waals surface area contributed by atoms with E-state index >= 15 is 0 Å². The molecule has 0 aliphatic carbocycles. The van der Waals surface area contributed by atoms with Gasteiger partial charge in [0.15, 0.2) is 0 Å². The molecule has 4 heteroatoms. The third kappa shape index (κ3) is 2.04. The van der Waals surface area contributed by atoms with Crippen molar-refractivity contribution >= 4 is 17.2 Å². The zero-order chi connectivity index (χ0) is 12.4. The lowest BCUT2D eigenvalue weighted by molar-refractivity contribution is 0.0736. The maximum absolute atomic E-state index is 12.5. The topological polar surface area (TPSA) is 33.2 Å². The minimum atomic E-state index is 0.117. The van der Waals surface area contributed by atoms with Gasteiger partial charge in [0, 0.05) is 24.5 Å². The van der Waals surface area contributed by atoms with E-state index in [0.717, 1.165) is 24.9 Å². The first-order chi connectivity index (χ1) is 8.86. The summed E-state index contributed by atoms with van der Waals surface area (Å²) in [5, 5.41) is 4.21. The molecule has 0 saturated carbocycles. The van der Waals surface area contributed by atoms with Gasteiger partial charge >= 0.3 is 0 Å². The van der Waals surface area contributed by atoms with Gasteiger partial charge in [0.25, 0.3) is 5.91 Å². The fourth-order valence-corrected chi connectivity index (χ4v) is 3.19. The maximum atomic E-state index is 12.5. The number of thiophene rings is 1. The molecule has 3 heterocycles. The number of hydrogen-bond acceptors (Lipinski definition) is 3. The van der Waals surface area contributed by atoms with Gasteiger partial charge < -0.3 is 4.90 Å². The lowest BCUT2D eigenvalue weighted by Gasteiger charge is -2.24. The van der Waals surface area contributed by atoms with E-state index in [9.17, 15) is 4.79 Å². The Kier molecular flexibility index (Phi) is 3.11. The third-order valence-electron chi connectivity index (χ3n) is 3.37. The first-order valence-corrected chi connectivity index (χ1v) is 7.03. The van der Waals surface area contributed by atoms with E-state index in [1.807, 2.05) is 4.90 Å². The van der Waals surface area contributed by atoms with Crippen molar-refractivity contribution in [3.05, 3.63) is 52.5 Å². The molecule has 0 radical (unpaired) electrons. The summed E-state index contributed by atoms with van der Waals surface area (Å²) in [6.45, 7) is 0.849. The number of amides is 1. The molecule has 0 aromatic carbocycles. The Labute approximate surface area is 110 Å². The van der Waals surface area contributed by atoms with E-state index in [1.54, 1.807) is 35.9 Å². The van der Waals surface area contributed by atoms with Gasteiger partial charge in [-0.2, -0.15) is 11.3 Å². The van der Waals surface area contributed by atoms with E-state index in [1.165, 1.54) is 5.56 Å². The van der Waals surface area contributed by atoms with Crippen molar-refractivity contribution in [2.24, 2.45) is 0 Å². The molecule has 0 spiro atoms. The Balaban J connectivity index is 1.85. The molecule has 18 heavy (non-hydrogen) atoms. The number of carbonyl (C=O) groups excluding carboxylic acids is 1. The van der Waals surface area contributed by atoms with Gasteiger partial charge in [-0.3, -0.25) is 9.78 Å². The van der Waals surface area contributed by atoms with Crippen molar-refractivity contribution in [2.75, 3.05) is 6.54 Å². The zero-order valence-corrected chi connectivity index (χ0v) is 10.8. The van der Waals surface area contributed by atoms with Crippen LogP contribution in [-0.4, -0.2) is 22.3 Å². The highest BCUT2D eigenvalue weighted by Gasteiger charge is 2.30.